The van der Waals surface area contributed by atoms with E-state index in [2.05, 4.69) is 58.0 Å². The summed E-state index contributed by atoms with van der Waals surface area (Å²) >= 11 is 0. The first-order chi connectivity index (χ1) is 16.6. The fourth-order valence-corrected chi connectivity index (χ4v) is 7.36. The fraction of sp³-hybridized carbons (Fsp3) is 0.647. The highest BCUT2D eigenvalue weighted by Gasteiger charge is 2.44. The van der Waals surface area contributed by atoms with Crippen LogP contribution in [0.25, 0.3) is 11.1 Å². The number of aryl methyl sites for hydroxylation is 2. The Kier molecular flexibility index (Phi) is 8.95. The normalized spacial score (nSPS) is 17.6. The van der Waals surface area contributed by atoms with Crippen LogP contribution in [0.2, 0.25) is 0 Å². The van der Waals surface area contributed by atoms with Crippen LogP contribution in [0.4, 0.5) is 0 Å². The van der Waals surface area contributed by atoms with Gasteiger partial charge in [-0.1, -0.05) is 127 Å². The summed E-state index contributed by atoms with van der Waals surface area (Å²) in [5.74, 6) is 0.641. The standard InChI is InChI=1S/C34H50/c1-5-7-9-11-13-15-22-34(23-16-14-12-10-8-6-2)24-21-30-31-25-26(3)17-19-28(31)29-20-18-27(4)33(34)32(29)30/h17-20,25,30H,5-16,21-24H2,1-4H3. The van der Waals surface area contributed by atoms with Crippen LogP contribution in [0.1, 0.15) is 150 Å². The Morgan fingerprint density at radius 2 is 1.29 bits per heavy atom. The zero-order valence-electron chi connectivity index (χ0n) is 22.8. The third-order valence-corrected chi connectivity index (χ3v) is 9.13. The third-order valence-electron chi connectivity index (χ3n) is 9.13. The smallest absolute Gasteiger partial charge is 0.0105 e. The Bertz CT molecular complexity index is 917. The molecular formula is C34H50. The summed E-state index contributed by atoms with van der Waals surface area (Å²) in [6, 6.07) is 12.1. The Morgan fingerprint density at radius 1 is 0.706 bits per heavy atom. The summed E-state index contributed by atoms with van der Waals surface area (Å²) in [6.45, 7) is 9.33. The van der Waals surface area contributed by atoms with Crippen molar-refractivity contribution in [1.82, 2.24) is 0 Å². The number of hydrogen-bond acceptors (Lipinski definition) is 0. The minimum atomic E-state index is 0.415. The first-order valence-electron chi connectivity index (χ1n) is 14.9. The van der Waals surface area contributed by atoms with E-state index in [0.29, 0.717) is 11.3 Å². The molecule has 0 bridgehead atoms. The molecule has 186 valence electrons. The van der Waals surface area contributed by atoms with Gasteiger partial charge in [-0.25, -0.2) is 0 Å². The van der Waals surface area contributed by atoms with Gasteiger partial charge in [-0.15, -0.1) is 0 Å². The second-order valence-electron chi connectivity index (χ2n) is 11.7. The lowest BCUT2D eigenvalue weighted by Crippen LogP contribution is -2.33. The Balaban J connectivity index is 1.60. The summed E-state index contributed by atoms with van der Waals surface area (Å²) in [5, 5.41) is 0. The zero-order valence-corrected chi connectivity index (χ0v) is 22.8. The SMILES string of the molecule is CCCCCCCCC1(CCCCCCCC)CCC2c3cc(C)ccc3-c3ccc(C)c1c32. The molecule has 0 saturated heterocycles. The van der Waals surface area contributed by atoms with Gasteiger partial charge < -0.3 is 0 Å². The molecule has 0 aromatic heterocycles. The van der Waals surface area contributed by atoms with E-state index in [9.17, 15) is 0 Å². The van der Waals surface area contributed by atoms with E-state index < -0.39 is 0 Å². The summed E-state index contributed by atoms with van der Waals surface area (Å²) in [6.07, 6.45) is 22.5. The van der Waals surface area contributed by atoms with E-state index >= 15 is 0 Å². The minimum absolute atomic E-state index is 0.415. The Hall–Kier alpha value is -1.56. The topological polar surface area (TPSA) is 0 Å². The summed E-state index contributed by atoms with van der Waals surface area (Å²) in [7, 11) is 0. The van der Waals surface area contributed by atoms with Crippen LogP contribution < -0.4 is 0 Å². The van der Waals surface area contributed by atoms with Crippen molar-refractivity contribution < 1.29 is 0 Å². The van der Waals surface area contributed by atoms with Crippen LogP contribution in [0, 0.1) is 13.8 Å². The van der Waals surface area contributed by atoms with E-state index in [0.717, 1.165) is 0 Å². The Morgan fingerprint density at radius 3 is 1.94 bits per heavy atom. The molecule has 1 atom stereocenters. The maximum atomic E-state index is 2.49. The predicted molar refractivity (Wildman–Crippen MR) is 150 cm³/mol. The van der Waals surface area contributed by atoms with Gasteiger partial charge >= 0.3 is 0 Å². The van der Waals surface area contributed by atoms with Crippen LogP contribution in [-0.2, 0) is 5.41 Å². The van der Waals surface area contributed by atoms with E-state index in [4.69, 9.17) is 0 Å². The third kappa shape index (κ3) is 5.32. The molecule has 0 saturated carbocycles. The van der Waals surface area contributed by atoms with Gasteiger partial charge in [-0.3, -0.25) is 0 Å². The van der Waals surface area contributed by atoms with Crippen LogP contribution in [0.15, 0.2) is 30.3 Å². The molecule has 0 heterocycles. The van der Waals surface area contributed by atoms with Crippen LogP contribution in [0.3, 0.4) is 0 Å². The molecule has 0 spiro atoms. The molecule has 1 unspecified atom stereocenters. The molecular weight excluding hydrogens is 408 g/mol. The van der Waals surface area contributed by atoms with Gasteiger partial charge in [0.1, 0.15) is 0 Å². The maximum absolute atomic E-state index is 2.49. The van der Waals surface area contributed by atoms with Crippen molar-refractivity contribution in [3.05, 3.63) is 58.1 Å². The van der Waals surface area contributed by atoms with Crippen LogP contribution in [-0.4, -0.2) is 0 Å². The average Bonchev–Trinajstić information content (AvgIpc) is 3.15. The van der Waals surface area contributed by atoms with E-state index in [1.807, 2.05) is 0 Å². The van der Waals surface area contributed by atoms with Crippen molar-refractivity contribution in [2.75, 3.05) is 0 Å². The monoisotopic (exact) mass is 458 g/mol. The lowest BCUT2D eigenvalue weighted by Gasteiger charge is -2.43. The van der Waals surface area contributed by atoms with Crippen molar-refractivity contribution in [3.63, 3.8) is 0 Å². The van der Waals surface area contributed by atoms with Crippen molar-refractivity contribution in [2.45, 2.75) is 142 Å². The number of rotatable bonds is 14. The molecule has 2 aliphatic rings. The molecule has 0 aliphatic heterocycles. The highest BCUT2D eigenvalue weighted by Crippen LogP contribution is 2.58. The van der Waals surface area contributed by atoms with Crippen molar-refractivity contribution in [1.29, 1.82) is 0 Å². The molecule has 0 nitrogen and oxygen atoms in total. The summed E-state index contributed by atoms with van der Waals surface area (Å²) in [4.78, 5) is 0. The number of hydrogen-bond donors (Lipinski definition) is 0. The maximum Gasteiger partial charge on any atom is 0.0105 e. The molecule has 0 N–H and O–H groups in total. The van der Waals surface area contributed by atoms with Gasteiger partial charge in [0, 0.05) is 5.92 Å². The molecule has 0 amide bonds. The molecule has 0 heteroatoms. The first kappa shape index (κ1) is 25.5. The lowest BCUT2D eigenvalue weighted by atomic mass is 9.61. The van der Waals surface area contributed by atoms with Crippen molar-refractivity contribution in [2.24, 2.45) is 0 Å². The van der Waals surface area contributed by atoms with E-state index in [1.165, 1.54) is 114 Å². The van der Waals surface area contributed by atoms with Gasteiger partial charge in [0.05, 0.1) is 0 Å². The zero-order chi connectivity index (χ0) is 24.0. The van der Waals surface area contributed by atoms with Crippen molar-refractivity contribution >= 4 is 0 Å². The van der Waals surface area contributed by atoms with Gasteiger partial charge in [0.15, 0.2) is 0 Å². The molecule has 2 aliphatic carbocycles. The molecule has 4 rings (SSSR count). The quantitative estimate of drug-likeness (QED) is 0.247. The highest BCUT2D eigenvalue weighted by atomic mass is 14.5. The largest absolute Gasteiger partial charge is 0.0654 e. The molecule has 0 radical (unpaired) electrons. The first-order valence-corrected chi connectivity index (χ1v) is 14.9. The van der Waals surface area contributed by atoms with Crippen LogP contribution in [0.5, 0.6) is 0 Å². The number of benzene rings is 2. The highest BCUT2D eigenvalue weighted by molar-refractivity contribution is 5.82. The second-order valence-corrected chi connectivity index (χ2v) is 11.7. The average molecular weight is 459 g/mol. The predicted octanol–water partition coefficient (Wildman–Crippen LogP) is 10.9. The summed E-state index contributed by atoms with van der Waals surface area (Å²) < 4.78 is 0. The molecule has 2 aromatic carbocycles. The van der Waals surface area contributed by atoms with Gasteiger partial charge in [0.2, 0.25) is 0 Å². The molecule has 0 fully saturated rings. The van der Waals surface area contributed by atoms with Crippen molar-refractivity contribution in [3.8, 4) is 11.1 Å². The van der Waals surface area contributed by atoms with Gasteiger partial charge in [-0.05, 0) is 78.3 Å². The molecule has 2 aromatic rings. The van der Waals surface area contributed by atoms with E-state index in [1.54, 1.807) is 27.8 Å². The van der Waals surface area contributed by atoms with Gasteiger partial charge in [-0.2, -0.15) is 0 Å². The van der Waals surface area contributed by atoms with E-state index in [-0.39, 0.29) is 0 Å². The minimum Gasteiger partial charge on any atom is -0.0654 e. The fourth-order valence-electron chi connectivity index (χ4n) is 7.36. The van der Waals surface area contributed by atoms with Crippen LogP contribution >= 0.6 is 0 Å². The Labute approximate surface area is 211 Å². The second kappa shape index (κ2) is 11.9. The van der Waals surface area contributed by atoms with Gasteiger partial charge in [0.25, 0.3) is 0 Å². The molecule has 34 heavy (non-hydrogen) atoms. The summed E-state index contributed by atoms with van der Waals surface area (Å²) in [5.41, 5.74) is 11.7. The number of unbranched alkanes of at least 4 members (excludes halogenated alkanes) is 10. The lowest BCUT2D eigenvalue weighted by molar-refractivity contribution is 0.280. The number of fused-ring (bicyclic) bond motifs is 3.